The molecule has 0 bridgehead atoms. The molecule has 17 aromatic rings. The van der Waals surface area contributed by atoms with Crippen molar-refractivity contribution in [2.45, 2.75) is 64.7 Å². The van der Waals surface area contributed by atoms with Crippen molar-refractivity contribution in [1.82, 2.24) is 0 Å². The smallest absolute Gasteiger partial charge is 0.159 e. The van der Waals surface area contributed by atoms with Crippen LogP contribution in [0, 0.1) is 0 Å². The van der Waals surface area contributed by atoms with E-state index in [0.717, 1.165) is 106 Å². The Bertz CT molecular complexity index is 6150. The predicted octanol–water partition coefficient (Wildman–Crippen LogP) is 26.3. The Kier molecular flexibility index (Phi) is 12.0. The molecule has 0 spiro atoms. The SMILES string of the molecule is CC(C)(C)c1ccc(N(c2cc3c(c4cc(-c5cccc(-c6ccccc6N(c6cc7c(c8ccccc68)-c6ccc8ccccc8c6C7(C)C)c6cccc7c6oc6ccccc67)c5)ccc24)-c2ccc4ccccc4c2C3(C)C)c2cccc3c2oc2ccccc23)cc1. The highest BCUT2D eigenvalue weighted by atomic mass is 16.3. The highest BCUT2D eigenvalue weighted by molar-refractivity contribution is 6.18. The molecule has 0 fully saturated rings. The van der Waals surface area contributed by atoms with E-state index in [1.807, 2.05) is 0 Å². The third kappa shape index (κ3) is 8.15. The number of hydrogen-bond donors (Lipinski definition) is 0. The number of rotatable bonds is 8. The van der Waals surface area contributed by atoms with Gasteiger partial charge in [0.05, 0.1) is 28.4 Å². The van der Waals surface area contributed by atoms with Crippen molar-refractivity contribution in [2.75, 3.05) is 9.80 Å². The van der Waals surface area contributed by atoms with Gasteiger partial charge in [-0.3, -0.25) is 0 Å². The number of para-hydroxylation sites is 5. The van der Waals surface area contributed by atoms with Crippen LogP contribution >= 0.6 is 0 Å². The predicted molar refractivity (Wildman–Crippen MR) is 405 cm³/mol. The normalized spacial score (nSPS) is 13.7. The lowest BCUT2D eigenvalue weighted by molar-refractivity contribution is 0.590. The van der Waals surface area contributed by atoms with E-state index < -0.39 is 0 Å². The topological polar surface area (TPSA) is 32.8 Å². The van der Waals surface area contributed by atoms with E-state index in [4.69, 9.17) is 8.83 Å². The van der Waals surface area contributed by atoms with Gasteiger partial charge in [0.2, 0.25) is 0 Å². The maximum Gasteiger partial charge on any atom is 0.159 e. The molecule has 2 aliphatic rings. The summed E-state index contributed by atoms with van der Waals surface area (Å²) < 4.78 is 14.0. The summed E-state index contributed by atoms with van der Waals surface area (Å²) in [5.41, 5.74) is 25.3. The second-order valence-corrected chi connectivity index (χ2v) is 28.7. The second kappa shape index (κ2) is 20.5. The van der Waals surface area contributed by atoms with Gasteiger partial charge in [-0.25, -0.2) is 0 Å². The zero-order valence-electron chi connectivity index (χ0n) is 54.8. The van der Waals surface area contributed by atoms with Crippen molar-refractivity contribution in [3.63, 3.8) is 0 Å². The number of anilines is 6. The number of benzene rings is 15. The molecule has 2 aliphatic carbocycles. The molecular weight excluding hydrogens is 1170 g/mol. The van der Waals surface area contributed by atoms with Gasteiger partial charge in [0.1, 0.15) is 11.2 Å². The average molecular weight is 1230 g/mol. The molecule has 0 amide bonds. The van der Waals surface area contributed by atoms with Crippen molar-refractivity contribution >= 4 is 121 Å². The minimum atomic E-state index is -0.363. The van der Waals surface area contributed by atoms with Gasteiger partial charge >= 0.3 is 0 Å². The Balaban J connectivity index is 0.833. The highest BCUT2D eigenvalue weighted by Crippen LogP contribution is 2.60. The molecule has 0 aliphatic heterocycles. The van der Waals surface area contributed by atoms with Crippen LogP contribution in [0.25, 0.3) is 131 Å². The van der Waals surface area contributed by atoms with Crippen LogP contribution in [0.5, 0.6) is 0 Å². The molecule has 4 nitrogen and oxygen atoms in total. The van der Waals surface area contributed by atoms with Crippen molar-refractivity contribution in [3.05, 3.63) is 313 Å². The van der Waals surface area contributed by atoms with Gasteiger partial charge in [-0.15, -0.1) is 0 Å². The molecule has 96 heavy (non-hydrogen) atoms. The molecule has 0 N–H and O–H groups in total. The van der Waals surface area contributed by atoms with Crippen LogP contribution < -0.4 is 9.80 Å². The van der Waals surface area contributed by atoms with Crippen LogP contribution in [0.1, 0.15) is 76.3 Å². The molecule has 2 aromatic heterocycles. The van der Waals surface area contributed by atoms with Crippen molar-refractivity contribution in [3.8, 4) is 44.5 Å². The van der Waals surface area contributed by atoms with Crippen LogP contribution in [0.2, 0.25) is 0 Å². The number of nitrogens with zero attached hydrogens (tertiary/aromatic N) is 2. The van der Waals surface area contributed by atoms with Crippen LogP contribution in [-0.4, -0.2) is 0 Å². The first-order chi connectivity index (χ1) is 46.8. The van der Waals surface area contributed by atoms with Crippen LogP contribution in [0.15, 0.2) is 294 Å². The molecule has 0 atom stereocenters. The van der Waals surface area contributed by atoms with Crippen molar-refractivity contribution in [2.24, 2.45) is 0 Å². The Morgan fingerprint density at radius 2 is 0.740 bits per heavy atom. The summed E-state index contributed by atoms with van der Waals surface area (Å²) in [4.78, 5) is 4.97. The lowest BCUT2D eigenvalue weighted by Crippen LogP contribution is -2.18. The first-order valence-electron chi connectivity index (χ1n) is 33.7. The highest BCUT2D eigenvalue weighted by Gasteiger charge is 2.42. The summed E-state index contributed by atoms with van der Waals surface area (Å²) in [5, 5.41) is 14.2. The van der Waals surface area contributed by atoms with Gasteiger partial charge in [0, 0.05) is 54.4 Å². The monoisotopic (exact) mass is 1230 g/mol. The number of fused-ring (bicyclic) bond motifs is 20. The average Bonchev–Trinajstić information content (AvgIpc) is 1.68. The Hall–Kier alpha value is -11.5. The fourth-order valence-corrected chi connectivity index (χ4v) is 17.0. The number of furan rings is 2. The van der Waals surface area contributed by atoms with Gasteiger partial charge in [0.25, 0.3) is 0 Å². The second-order valence-electron chi connectivity index (χ2n) is 28.7. The van der Waals surface area contributed by atoms with E-state index in [2.05, 4.69) is 343 Å². The standard InChI is InChI=1S/C92H68N2O2/c1-90(2,3)60-44-46-61(47-45-60)93(78-37-21-34-70-67-31-15-18-39-82(67)95-88(70)78)80-53-76-85(73-50-42-56-24-9-11-29-64(56)87(73)92(76,6)7)74-52-58(43-48-66(74)80)57-25-20-26-59(51-57)62-27-14-17-36-77(62)94(79-38-22-35-71-68-32-16-19-40-83(68)96-89(71)79)81-54-75-84(69-33-13-12-30-65(69)81)72-49-41-55-23-8-10-28-63(55)86(72)91(75,4)5/h8-54H,1-7H3. The molecule has 2 heterocycles. The molecule has 19 rings (SSSR count). The van der Waals surface area contributed by atoms with Gasteiger partial charge in [0.15, 0.2) is 11.2 Å². The minimum Gasteiger partial charge on any atom is -0.454 e. The summed E-state index contributed by atoms with van der Waals surface area (Å²) in [6, 6.07) is 106. The van der Waals surface area contributed by atoms with Gasteiger partial charge in [-0.05, 0) is 171 Å². The molecule has 0 unspecified atom stereocenters. The third-order valence-electron chi connectivity index (χ3n) is 21.5. The number of hydrogen-bond acceptors (Lipinski definition) is 4. The summed E-state index contributed by atoms with van der Waals surface area (Å²) >= 11 is 0. The quantitative estimate of drug-likeness (QED) is 0.152. The molecule has 0 saturated carbocycles. The van der Waals surface area contributed by atoms with E-state index in [1.54, 1.807) is 0 Å². The maximum absolute atomic E-state index is 7.07. The fourth-order valence-electron chi connectivity index (χ4n) is 17.0. The Morgan fingerprint density at radius 1 is 0.292 bits per heavy atom. The lowest BCUT2D eigenvalue weighted by Gasteiger charge is -2.31. The van der Waals surface area contributed by atoms with Crippen molar-refractivity contribution in [1.29, 1.82) is 0 Å². The Morgan fingerprint density at radius 3 is 1.34 bits per heavy atom. The lowest BCUT2D eigenvalue weighted by atomic mass is 9.79. The minimum absolute atomic E-state index is 0.0291. The summed E-state index contributed by atoms with van der Waals surface area (Å²) in [6.07, 6.45) is 0. The molecule has 458 valence electrons. The van der Waals surface area contributed by atoms with E-state index in [-0.39, 0.29) is 16.2 Å². The van der Waals surface area contributed by atoms with Gasteiger partial charge in [-0.1, -0.05) is 267 Å². The van der Waals surface area contributed by atoms with E-state index in [1.165, 1.54) is 87.8 Å². The third-order valence-corrected chi connectivity index (χ3v) is 21.5. The first-order valence-corrected chi connectivity index (χ1v) is 33.7. The molecule has 15 aromatic carbocycles. The van der Waals surface area contributed by atoms with Gasteiger partial charge < -0.3 is 18.6 Å². The molecule has 0 saturated heterocycles. The van der Waals surface area contributed by atoms with Crippen LogP contribution in [0.3, 0.4) is 0 Å². The van der Waals surface area contributed by atoms with Gasteiger partial charge in [-0.2, -0.15) is 0 Å². The molecule has 4 heteroatoms. The summed E-state index contributed by atoms with van der Waals surface area (Å²) in [5.74, 6) is 0. The maximum atomic E-state index is 7.07. The fraction of sp³-hybridized carbons (Fsp3) is 0.109. The zero-order valence-corrected chi connectivity index (χ0v) is 54.8. The van der Waals surface area contributed by atoms with Crippen LogP contribution in [0.4, 0.5) is 34.1 Å². The summed E-state index contributed by atoms with van der Waals surface area (Å²) in [7, 11) is 0. The van der Waals surface area contributed by atoms with E-state index in [9.17, 15) is 0 Å². The zero-order chi connectivity index (χ0) is 64.5. The molecule has 0 radical (unpaired) electrons. The Labute approximate surface area is 558 Å². The van der Waals surface area contributed by atoms with Crippen LogP contribution in [-0.2, 0) is 16.2 Å². The van der Waals surface area contributed by atoms with Crippen molar-refractivity contribution < 1.29 is 8.83 Å². The first kappa shape index (κ1) is 56.1. The molecular formula is C92H68N2O2. The van der Waals surface area contributed by atoms with E-state index >= 15 is 0 Å². The van der Waals surface area contributed by atoms with E-state index in [0.29, 0.717) is 0 Å². The summed E-state index contributed by atoms with van der Waals surface area (Å²) in [6.45, 7) is 16.6. The largest absolute Gasteiger partial charge is 0.454 e.